The van der Waals surface area contributed by atoms with E-state index in [2.05, 4.69) is 36.9 Å². The van der Waals surface area contributed by atoms with Crippen molar-refractivity contribution in [1.29, 1.82) is 0 Å². The first-order chi connectivity index (χ1) is 10.1. The van der Waals surface area contributed by atoms with E-state index in [1.54, 1.807) is 0 Å². The molecule has 0 aromatic heterocycles. The minimum absolute atomic E-state index is 1.07. The van der Waals surface area contributed by atoms with Gasteiger partial charge in [0, 0.05) is 0 Å². The first-order valence-corrected chi connectivity index (χ1v) is 10.6. The fourth-order valence-corrected chi connectivity index (χ4v) is 3.04. The Bertz CT molecular complexity index is 204. The topological polar surface area (TPSA) is 0 Å². The highest BCUT2D eigenvalue weighted by Gasteiger charge is 2.10. The Kier molecular flexibility index (Phi) is 15.7. The van der Waals surface area contributed by atoms with Crippen molar-refractivity contribution in [3.05, 3.63) is 0 Å². The van der Waals surface area contributed by atoms with Crippen LogP contribution in [0.2, 0.25) is 0 Å². The monoisotopic (exact) mass is 362 g/mol. The van der Waals surface area contributed by atoms with Crippen molar-refractivity contribution in [2.45, 2.75) is 96.8 Å². The van der Waals surface area contributed by atoms with Gasteiger partial charge >= 0.3 is 0 Å². The van der Waals surface area contributed by atoms with Gasteiger partial charge in [-0.3, -0.25) is 0 Å². The molecule has 0 rings (SSSR count). The summed E-state index contributed by atoms with van der Waals surface area (Å²) in [6.45, 7) is 3.60. The van der Waals surface area contributed by atoms with Crippen LogP contribution in [-0.2, 0) is 0 Å². The predicted molar refractivity (Wildman–Crippen MR) is 101 cm³/mol. The summed E-state index contributed by atoms with van der Waals surface area (Å²) < 4.78 is 1.11. The van der Waals surface area contributed by atoms with E-state index in [4.69, 9.17) is 0 Å². The van der Waals surface area contributed by atoms with Gasteiger partial charge in [-0.05, 0) is 28.8 Å². The number of alkyl halides is 1. The quantitative estimate of drug-likeness (QED) is 0.121. The Morgan fingerprint density at radius 3 is 1.24 bits per heavy atom. The van der Waals surface area contributed by atoms with Gasteiger partial charge in [0.1, 0.15) is 5.45 Å². The summed E-state index contributed by atoms with van der Waals surface area (Å²) in [7, 11) is 4.61. The number of rotatable bonds is 16. The van der Waals surface area contributed by atoms with E-state index in [1.807, 2.05) is 0 Å². The highest BCUT2D eigenvalue weighted by atomic mass is 79.9. The van der Waals surface area contributed by atoms with Crippen LogP contribution in [0.4, 0.5) is 0 Å². The predicted octanol–water partition coefficient (Wildman–Crippen LogP) is 6.90. The second kappa shape index (κ2) is 15.3. The molecule has 0 aromatic carbocycles. The van der Waals surface area contributed by atoms with Crippen molar-refractivity contribution in [3.8, 4) is 0 Å². The van der Waals surface area contributed by atoms with Gasteiger partial charge < -0.3 is 4.48 Å². The molecule has 0 aliphatic carbocycles. The number of hydrogen-bond donors (Lipinski definition) is 0. The van der Waals surface area contributed by atoms with Crippen molar-refractivity contribution in [2.75, 3.05) is 26.1 Å². The van der Waals surface area contributed by atoms with Crippen molar-refractivity contribution in [3.63, 3.8) is 0 Å². The van der Waals surface area contributed by atoms with Gasteiger partial charge in [-0.25, -0.2) is 0 Å². The van der Waals surface area contributed by atoms with Crippen LogP contribution in [0, 0.1) is 0 Å². The Morgan fingerprint density at radius 2 is 0.905 bits per heavy atom. The number of hydrogen-bond acceptors (Lipinski definition) is 0. The zero-order chi connectivity index (χ0) is 15.8. The van der Waals surface area contributed by atoms with Crippen LogP contribution in [0.25, 0.3) is 0 Å². The molecular weight excluding hydrogens is 322 g/mol. The van der Waals surface area contributed by atoms with Crippen molar-refractivity contribution >= 4 is 15.9 Å². The Morgan fingerprint density at radius 1 is 0.571 bits per heavy atom. The average molecular weight is 363 g/mol. The minimum atomic E-state index is 1.07. The van der Waals surface area contributed by atoms with E-state index in [1.165, 1.54) is 96.4 Å². The molecule has 0 atom stereocenters. The molecule has 1 nitrogen and oxygen atoms in total. The van der Waals surface area contributed by atoms with Crippen LogP contribution in [-0.4, -0.2) is 30.6 Å². The number of nitrogens with zero attached hydrogens (tertiary/aromatic N) is 1. The molecule has 0 radical (unpaired) electrons. The van der Waals surface area contributed by atoms with E-state index in [0.29, 0.717) is 0 Å². The van der Waals surface area contributed by atoms with Gasteiger partial charge in [0.05, 0.1) is 20.6 Å². The first kappa shape index (κ1) is 21.4. The van der Waals surface area contributed by atoms with Crippen LogP contribution in [0.15, 0.2) is 0 Å². The fraction of sp³-hybridized carbons (Fsp3) is 1.00. The van der Waals surface area contributed by atoms with Crippen LogP contribution in [0.5, 0.6) is 0 Å². The highest BCUT2D eigenvalue weighted by Crippen LogP contribution is 2.13. The average Bonchev–Trinajstić information content (AvgIpc) is 2.47. The summed E-state index contributed by atoms with van der Waals surface area (Å²) in [5.74, 6) is 0. The molecule has 0 aliphatic rings. The minimum Gasteiger partial charge on any atom is -0.320 e. The summed E-state index contributed by atoms with van der Waals surface area (Å²) in [6, 6.07) is 0. The third kappa shape index (κ3) is 16.6. The molecule has 0 saturated carbocycles. The van der Waals surface area contributed by atoms with Gasteiger partial charge in [-0.15, -0.1) is 0 Å². The number of quaternary nitrogens is 1. The summed E-state index contributed by atoms with van der Waals surface area (Å²) in [4.78, 5) is 0. The smallest absolute Gasteiger partial charge is 0.133 e. The fourth-order valence-electron chi connectivity index (χ4n) is 2.79. The van der Waals surface area contributed by atoms with E-state index in [-0.39, 0.29) is 0 Å². The Labute approximate surface area is 143 Å². The van der Waals surface area contributed by atoms with Gasteiger partial charge in [0.2, 0.25) is 0 Å². The van der Waals surface area contributed by atoms with Gasteiger partial charge in [-0.1, -0.05) is 84.0 Å². The van der Waals surface area contributed by atoms with Gasteiger partial charge in [-0.2, -0.15) is 0 Å². The van der Waals surface area contributed by atoms with E-state index < -0.39 is 0 Å². The number of halogens is 1. The molecule has 0 spiro atoms. The molecule has 21 heavy (non-hydrogen) atoms. The Hall–Kier alpha value is 0.440. The lowest BCUT2D eigenvalue weighted by atomic mass is 10.0. The maximum atomic E-state index is 3.58. The number of unbranched alkanes of at least 4 members (excludes halogenated alkanes) is 13. The maximum absolute atomic E-state index is 3.58. The van der Waals surface area contributed by atoms with E-state index >= 15 is 0 Å². The third-order valence-electron chi connectivity index (χ3n) is 4.44. The highest BCUT2D eigenvalue weighted by molar-refractivity contribution is 9.09. The molecule has 0 aliphatic heterocycles. The van der Waals surface area contributed by atoms with E-state index in [9.17, 15) is 0 Å². The molecule has 2 heteroatoms. The summed E-state index contributed by atoms with van der Waals surface area (Å²) in [5, 5.41) is 0. The SMILES string of the molecule is CCCCCCCCCCCCCCCC[N+](C)(C)CBr. The second-order valence-corrected chi connectivity index (χ2v) is 7.88. The van der Waals surface area contributed by atoms with Crippen LogP contribution in [0.3, 0.4) is 0 Å². The molecule has 0 N–H and O–H groups in total. The molecule has 0 aromatic rings. The molecule has 0 heterocycles. The van der Waals surface area contributed by atoms with Crippen molar-refractivity contribution in [2.24, 2.45) is 0 Å². The van der Waals surface area contributed by atoms with E-state index in [0.717, 1.165) is 9.94 Å². The molecule has 0 unspecified atom stereocenters. The third-order valence-corrected chi connectivity index (χ3v) is 5.80. The van der Waals surface area contributed by atoms with Crippen LogP contribution >= 0.6 is 15.9 Å². The molecule has 0 amide bonds. The zero-order valence-corrected chi connectivity index (χ0v) is 16.7. The van der Waals surface area contributed by atoms with Crippen molar-refractivity contribution in [1.82, 2.24) is 0 Å². The summed E-state index contributed by atoms with van der Waals surface area (Å²) in [6.07, 6.45) is 20.3. The van der Waals surface area contributed by atoms with Crippen LogP contribution < -0.4 is 0 Å². The lowest BCUT2D eigenvalue weighted by Gasteiger charge is -2.26. The van der Waals surface area contributed by atoms with Crippen molar-refractivity contribution < 1.29 is 4.48 Å². The largest absolute Gasteiger partial charge is 0.320 e. The van der Waals surface area contributed by atoms with Gasteiger partial charge in [0.15, 0.2) is 0 Å². The molecule has 0 bridgehead atoms. The first-order valence-electron chi connectivity index (χ1n) is 9.50. The summed E-state index contributed by atoms with van der Waals surface area (Å²) >= 11 is 3.58. The van der Waals surface area contributed by atoms with Gasteiger partial charge in [0.25, 0.3) is 0 Å². The second-order valence-electron chi connectivity index (χ2n) is 7.38. The lowest BCUT2D eigenvalue weighted by Crippen LogP contribution is -2.38. The lowest BCUT2D eigenvalue weighted by molar-refractivity contribution is -0.876. The maximum Gasteiger partial charge on any atom is 0.133 e. The Balaban J connectivity index is 3.06. The zero-order valence-electron chi connectivity index (χ0n) is 15.1. The summed E-state index contributed by atoms with van der Waals surface area (Å²) in [5.41, 5.74) is 1.07. The standard InChI is InChI=1S/C19H41BrN/c1-4-5-6-7-8-9-10-11-12-13-14-15-16-17-18-21(2,3)19-20/h4-19H2,1-3H3/q+1. The van der Waals surface area contributed by atoms with Crippen LogP contribution in [0.1, 0.15) is 96.8 Å². The molecule has 128 valence electrons. The molecule has 0 fully saturated rings. The molecular formula is C19H41BrN+. The molecule has 0 saturated heterocycles. The normalized spacial score (nSPS) is 12.0.